The summed E-state index contributed by atoms with van der Waals surface area (Å²) in [6.45, 7) is 0. The minimum absolute atomic E-state index is 0.578. The molecule has 3 unspecified atom stereocenters. The summed E-state index contributed by atoms with van der Waals surface area (Å²) in [5.74, 6) is 4.17. The van der Waals surface area contributed by atoms with Crippen LogP contribution in [0.25, 0.3) is 0 Å². The van der Waals surface area contributed by atoms with E-state index in [4.69, 9.17) is 0 Å². The minimum atomic E-state index is 0.578. The third kappa shape index (κ3) is 2.74. The number of hydrogen-bond acceptors (Lipinski definition) is 1. The van der Waals surface area contributed by atoms with Crippen molar-refractivity contribution < 1.29 is 4.79 Å². The fourth-order valence-electron chi connectivity index (χ4n) is 4.69. The van der Waals surface area contributed by atoms with Crippen molar-refractivity contribution in [3.05, 3.63) is 0 Å². The molecule has 0 aromatic carbocycles. The van der Waals surface area contributed by atoms with Crippen molar-refractivity contribution in [3.63, 3.8) is 0 Å². The molecule has 3 atom stereocenters. The van der Waals surface area contributed by atoms with Crippen molar-refractivity contribution in [1.29, 1.82) is 0 Å². The van der Waals surface area contributed by atoms with E-state index in [0.29, 0.717) is 5.78 Å². The summed E-state index contributed by atoms with van der Waals surface area (Å²) in [6, 6.07) is 0. The van der Waals surface area contributed by atoms with Crippen LogP contribution in [0, 0.1) is 23.7 Å². The van der Waals surface area contributed by atoms with Gasteiger partial charge in [-0.25, -0.2) is 0 Å². The lowest BCUT2D eigenvalue weighted by Crippen LogP contribution is -2.15. The zero-order chi connectivity index (χ0) is 11.7. The second-order valence-corrected chi connectivity index (χ2v) is 6.87. The Hall–Kier alpha value is -0.330. The molecule has 17 heavy (non-hydrogen) atoms. The molecule has 0 N–H and O–H groups in total. The van der Waals surface area contributed by atoms with E-state index in [1.165, 1.54) is 57.8 Å². The van der Waals surface area contributed by atoms with Gasteiger partial charge in [0.05, 0.1) is 0 Å². The Labute approximate surface area is 105 Å². The highest BCUT2D eigenvalue weighted by atomic mass is 16.1. The zero-order valence-electron chi connectivity index (χ0n) is 11.0. The predicted molar refractivity (Wildman–Crippen MR) is 69.8 cm³/mol. The third-order valence-corrected chi connectivity index (χ3v) is 5.68. The van der Waals surface area contributed by atoms with Crippen molar-refractivity contribution in [2.45, 2.75) is 70.6 Å². The fraction of sp³-hybridized carbons (Fsp3) is 0.938. The molecule has 3 saturated carbocycles. The van der Waals surface area contributed by atoms with Crippen molar-refractivity contribution in [2.75, 3.05) is 0 Å². The second-order valence-electron chi connectivity index (χ2n) is 6.87. The Balaban J connectivity index is 1.38. The maximum absolute atomic E-state index is 12.0. The van der Waals surface area contributed by atoms with Gasteiger partial charge in [0.25, 0.3) is 0 Å². The number of fused-ring (bicyclic) bond motifs is 2. The number of carbonyl (C=O) groups is 1. The molecule has 0 aliphatic heterocycles. The summed E-state index contributed by atoms with van der Waals surface area (Å²) in [5, 5.41) is 0. The van der Waals surface area contributed by atoms with Gasteiger partial charge in [0, 0.05) is 12.8 Å². The summed E-state index contributed by atoms with van der Waals surface area (Å²) in [5.41, 5.74) is 0. The molecular formula is C16H26O. The van der Waals surface area contributed by atoms with Crippen LogP contribution in [0.5, 0.6) is 0 Å². The predicted octanol–water partition coefficient (Wildman–Crippen LogP) is 4.35. The normalized spacial score (nSPS) is 36.8. The molecule has 0 heterocycles. The van der Waals surface area contributed by atoms with Gasteiger partial charge in [-0.15, -0.1) is 0 Å². The maximum atomic E-state index is 12.0. The highest BCUT2D eigenvalue weighted by Gasteiger charge is 2.39. The van der Waals surface area contributed by atoms with Crippen molar-refractivity contribution in [1.82, 2.24) is 0 Å². The average molecular weight is 234 g/mol. The average Bonchev–Trinajstić information content (AvgIpc) is 3.03. The van der Waals surface area contributed by atoms with E-state index in [-0.39, 0.29) is 0 Å². The number of Topliss-reactive ketones (excluding diaryl/α,β-unsaturated/α-hetero) is 1. The third-order valence-electron chi connectivity index (χ3n) is 5.68. The highest BCUT2D eigenvalue weighted by molar-refractivity contribution is 5.78. The lowest BCUT2D eigenvalue weighted by Gasteiger charge is -2.21. The van der Waals surface area contributed by atoms with Gasteiger partial charge < -0.3 is 0 Å². The van der Waals surface area contributed by atoms with Gasteiger partial charge in [-0.1, -0.05) is 32.1 Å². The van der Waals surface area contributed by atoms with Crippen LogP contribution in [0.1, 0.15) is 70.6 Å². The molecule has 3 fully saturated rings. The Kier molecular flexibility index (Phi) is 3.54. The summed E-state index contributed by atoms with van der Waals surface area (Å²) in [7, 11) is 0. The summed E-state index contributed by atoms with van der Waals surface area (Å²) in [6.07, 6.45) is 14.3. The lowest BCUT2D eigenvalue weighted by molar-refractivity contribution is -0.120. The Bertz CT molecular complexity index is 277. The van der Waals surface area contributed by atoms with Crippen molar-refractivity contribution in [2.24, 2.45) is 23.7 Å². The second kappa shape index (κ2) is 5.12. The van der Waals surface area contributed by atoms with Gasteiger partial charge in [0.2, 0.25) is 0 Å². The molecule has 1 nitrogen and oxygen atoms in total. The van der Waals surface area contributed by atoms with Gasteiger partial charge in [0.15, 0.2) is 0 Å². The molecule has 1 heteroatoms. The molecule has 2 bridgehead atoms. The number of rotatable bonds is 5. The number of carbonyl (C=O) groups excluding carboxylic acids is 1. The molecule has 96 valence electrons. The summed E-state index contributed by atoms with van der Waals surface area (Å²) in [4.78, 5) is 12.0. The van der Waals surface area contributed by atoms with Gasteiger partial charge in [-0.3, -0.25) is 4.79 Å². The molecule has 0 spiro atoms. The largest absolute Gasteiger partial charge is 0.300 e. The Morgan fingerprint density at radius 1 is 1.00 bits per heavy atom. The van der Waals surface area contributed by atoms with E-state index in [1.54, 1.807) is 0 Å². The molecule has 3 rings (SSSR count). The van der Waals surface area contributed by atoms with E-state index in [1.807, 2.05) is 0 Å². The lowest BCUT2D eigenvalue weighted by atomic mass is 9.84. The standard InChI is InChI=1S/C16H26O/c17-16(8-6-12-3-1-2-4-12)11-15-10-13-5-7-14(15)9-13/h12-15H,1-11H2. The molecular weight excluding hydrogens is 208 g/mol. The van der Waals surface area contributed by atoms with Gasteiger partial charge in [0.1, 0.15) is 5.78 Å². The molecule has 0 amide bonds. The van der Waals surface area contributed by atoms with Crippen LogP contribution in [-0.4, -0.2) is 5.78 Å². The van der Waals surface area contributed by atoms with Gasteiger partial charge in [-0.2, -0.15) is 0 Å². The van der Waals surface area contributed by atoms with E-state index >= 15 is 0 Å². The molecule has 0 aromatic heterocycles. The molecule has 3 aliphatic rings. The highest BCUT2D eigenvalue weighted by Crippen LogP contribution is 2.49. The quantitative estimate of drug-likeness (QED) is 0.691. The Morgan fingerprint density at radius 2 is 1.82 bits per heavy atom. The van der Waals surface area contributed by atoms with Crippen LogP contribution in [0.3, 0.4) is 0 Å². The van der Waals surface area contributed by atoms with E-state index in [9.17, 15) is 4.79 Å². The number of hydrogen-bond donors (Lipinski definition) is 0. The van der Waals surface area contributed by atoms with Gasteiger partial charge >= 0.3 is 0 Å². The molecule has 0 saturated heterocycles. The van der Waals surface area contributed by atoms with Crippen LogP contribution >= 0.6 is 0 Å². The molecule has 3 aliphatic carbocycles. The SMILES string of the molecule is O=C(CCC1CCCC1)CC1CC2CCC1C2. The van der Waals surface area contributed by atoms with Gasteiger partial charge in [-0.05, 0) is 49.4 Å². The zero-order valence-corrected chi connectivity index (χ0v) is 11.0. The molecule has 0 aromatic rings. The summed E-state index contributed by atoms with van der Waals surface area (Å²) >= 11 is 0. The maximum Gasteiger partial charge on any atom is 0.133 e. The van der Waals surface area contributed by atoms with Crippen LogP contribution in [0.2, 0.25) is 0 Å². The van der Waals surface area contributed by atoms with E-state index < -0.39 is 0 Å². The first-order valence-electron chi connectivity index (χ1n) is 7.83. The molecule has 0 radical (unpaired) electrons. The Morgan fingerprint density at radius 3 is 2.47 bits per heavy atom. The van der Waals surface area contributed by atoms with Crippen LogP contribution in [-0.2, 0) is 4.79 Å². The number of ketones is 1. The van der Waals surface area contributed by atoms with E-state index in [2.05, 4.69) is 0 Å². The van der Waals surface area contributed by atoms with Crippen LogP contribution in [0.15, 0.2) is 0 Å². The van der Waals surface area contributed by atoms with Crippen LogP contribution in [0.4, 0.5) is 0 Å². The van der Waals surface area contributed by atoms with Crippen molar-refractivity contribution in [3.8, 4) is 0 Å². The minimum Gasteiger partial charge on any atom is -0.300 e. The van der Waals surface area contributed by atoms with Crippen molar-refractivity contribution >= 4 is 5.78 Å². The monoisotopic (exact) mass is 234 g/mol. The fourth-order valence-corrected chi connectivity index (χ4v) is 4.69. The first-order valence-corrected chi connectivity index (χ1v) is 7.83. The van der Waals surface area contributed by atoms with E-state index in [0.717, 1.165) is 36.5 Å². The summed E-state index contributed by atoms with van der Waals surface area (Å²) < 4.78 is 0. The first-order chi connectivity index (χ1) is 8.31. The first kappa shape index (κ1) is 11.7. The van der Waals surface area contributed by atoms with Crippen LogP contribution < -0.4 is 0 Å². The topological polar surface area (TPSA) is 17.1 Å². The smallest absolute Gasteiger partial charge is 0.133 e.